The second-order valence-electron chi connectivity index (χ2n) is 5.99. The van der Waals surface area contributed by atoms with Crippen molar-refractivity contribution >= 4 is 50.2 Å². The molecule has 0 saturated carbocycles. The average Bonchev–Trinajstić information content (AvgIpc) is 2.66. The van der Waals surface area contributed by atoms with Crippen LogP contribution in [0.25, 0.3) is 21.8 Å². The number of nitro benzene ring substituents is 1. The Hall–Kier alpha value is -4.07. The van der Waals surface area contributed by atoms with E-state index in [1.807, 2.05) is 24.3 Å². The van der Waals surface area contributed by atoms with Crippen LogP contribution < -0.4 is 11.5 Å². The van der Waals surface area contributed by atoms with Gasteiger partial charge in [-0.05, 0) is 36.4 Å². The average molecular weight is 358 g/mol. The first-order chi connectivity index (χ1) is 13.0. The number of nitro groups is 1. The molecule has 8 nitrogen and oxygen atoms in total. The number of azo groups is 1. The first kappa shape index (κ1) is 16.4. The van der Waals surface area contributed by atoms with Crippen LogP contribution in [0.2, 0.25) is 0 Å². The fourth-order valence-electron chi connectivity index (χ4n) is 2.77. The zero-order valence-corrected chi connectivity index (χ0v) is 14.0. The lowest BCUT2D eigenvalue weighted by Gasteiger charge is -2.07. The van der Waals surface area contributed by atoms with Gasteiger partial charge in [0.15, 0.2) is 0 Å². The molecular weight excluding hydrogens is 344 g/mol. The Balaban J connectivity index is 1.82. The molecule has 0 atom stereocenters. The van der Waals surface area contributed by atoms with E-state index in [1.54, 1.807) is 12.1 Å². The van der Waals surface area contributed by atoms with Crippen LogP contribution in [0.3, 0.4) is 0 Å². The molecule has 4 N–H and O–H groups in total. The lowest BCUT2D eigenvalue weighted by molar-refractivity contribution is -0.384. The number of aromatic nitrogens is 1. The number of nitrogen functional groups attached to an aromatic ring is 2. The molecule has 27 heavy (non-hydrogen) atoms. The molecule has 0 aliphatic rings. The molecule has 0 amide bonds. The maximum Gasteiger partial charge on any atom is 0.269 e. The molecule has 4 rings (SSSR count). The summed E-state index contributed by atoms with van der Waals surface area (Å²) in [5.74, 6) is 0. The highest BCUT2D eigenvalue weighted by atomic mass is 16.6. The third-order valence-corrected chi connectivity index (χ3v) is 4.14. The van der Waals surface area contributed by atoms with E-state index >= 15 is 0 Å². The number of rotatable bonds is 3. The van der Waals surface area contributed by atoms with Crippen molar-refractivity contribution in [2.24, 2.45) is 10.2 Å². The van der Waals surface area contributed by atoms with Gasteiger partial charge in [-0.3, -0.25) is 10.1 Å². The number of non-ortho nitro benzene ring substituents is 1. The fraction of sp³-hybridized carbons (Fsp3) is 0. The number of benzene rings is 3. The number of pyridine rings is 1. The van der Waals surface area contributed by atoms with Crippen LogP contribution in [-0.4, -0.2) is 9.91 Å². The predicted octanol–water partition coefficient (Wildman–Crippen LogP) is 4.88. The number of fused-ring (bicyclic) bond motifs is 2. The second kappa shape index (κ2) is 6.34. The monoisotopic (exact) mass is 358 g/mol. The van der Waals surface area contributed by atoms with E-state index in [2.05, 4.69) is 15.2 Å². The molecule has 0 saturated heterocycles. The minimum atomic E-state index is -0.468. The smallest absolute Gasteiger partial charge is 0.269 e. The largest absolute Gasteiger partial charge is 0.399 e. The summed E-state index contributed by atoms with van der Waals surface area (Å²) >= 11 is 0. The van der Waals surface area contributed by atoms with E-state index in [1.165, 1.54) is 24.3 Å². The zero-order valence-electron chi connectivity index (χ0n) is 14.0. The Labute approximate surface area is 153 Å². The van der Waals surface area contributed by atoms with Gasteiger partial charge < -0.3 is 11.5 Å². The highest BCUT2D eigenvalue weighted by molar-refractivity contribution is 6.01. The number of anilines is 2. The molecule has 0 radical (unpaired) electrons. The topological polar surface area (TPSA) is 133 Å². The maximum atomic E-state index is 10.7. The number of hydrogen-bond donors (Lipinski definition) is 2. The molecule has 0 unspecified atom stereocenters. The van der Waals surface area contributed by atoms with Crippen molar-refractivity contribution in [2.75, 3.05) is 11.5 Å². The Morgan fingerprint density at radius 2 is 1.63 bits per heavy atom. The van der Waals surface area contributed by atoms with E-state index in [9.17, 15) is 10.1 Å². The molecule has 4 aromatic rings. The third-order valence-electron chi connectivity index (χ3n) is 4.14. The van der Waals surface area contributed by atoms with Crippen molar-refractivity contribution < 1.29 is 4.92 Å². The summed E-state index contributed by atoms with van der Waals surface area (Å²) in [5, 5.41) is 21.0. The molecule has 0 spiro atoms. The van der Waals surface area contributed by atoms with Gasteiger partial charge in [-0.1, -0.05) is 12.1 Å². The molecule has 1 aromatic heterocycles. The molecule has 1 heterocycles. The van der Waals surface area contributed by atoms with Gasteiger partial charge in [0.05, 0.1) is 21.8 Å². The van der Waals surface area contributed by atoms with E-state index in [4.69, 9.17) is 11.5 Å². The number of nitrogens with two attached hydrogens (primary N) is 2. The van der Waals surface area contributed by atoms with Crippen molar-refractivity contribution in [1.82, 2.24) is 4.98 Å². The Morgan fingerprint density at radius 1 is 0.889 bits per heavy atom. The van der Waals surface area contributed by atoms with E-state index in [0.29, 0.717) is 28.3 Å². The van der Waals surface area contributed by atoms with Crippen LogP contribution >= 0.6 is 0 Å². The standard InChI is InChI=1S/C19H14N6O2/c20-13-3-1-11-9-12-2-8-16(21)19(18(12)22-17(11)10-13)24-23-14-4-6-15(7-5-14)25(26)27/h1-10H,20-21H2. The minimum Gasteiger partial charge on any atom is -0.399 e. The van der Waals surface area contributed by atoms with Crippen molar-refractivity contribution in [3.05, 3.63) is 70.8 Å². The van der Waals surface area contributed by atoms with Gasteiger partial charge in [0.2, 0.25) is 0 Å². The van der Waals surface area contributed by atoms with Crippen LogP contribution in [0.15, 0.2) is 70.9 Å². The molecule has 0 aliphatic carbocycles. The van der Waals surface area contributed by atoms with Crippen molar-refractivity contribution in [1.29, 1.82) is 0 Å². The molecule has 0 aliphatic heterocycles. The third kappa shape index (κ3) is 3.11. The number of nitrogens with zero attached hydrogens (tertiary/aromatic N) is 4. The second-order valence-corrected chi connectivity index (χ2v) is 5.99. The zero-order chi connectivity index (χ0) is 19.0. The summed E-state index contributed by atoms with van der Waals surface area (Å²) in [4.78, 5) is 14.9. The van der Waals surface area contributed by atoms with Gasteiger partial charge in [0.25, 0.3) is 5.69 Å². The summed E-state index contributed by atoms with van der Waals surface area (Å²) in [6.07, 6.45) is 0. The Morgan fingerprint density at radius 3 is 2.37 bits per heavy atom. The lowest BCUT2D eigenvalue weighted by atomic mass is 10.1. The van der Waals surface area contributed by atoms with Gasteiger partial charge in [-0.15, -0.1) is 5.11 Å². The van der Waals surface area contributed by atoms with E-state index < -0.39 is 4.92 Å². The molecule has 3 aromatic carbocycles. The predicted molar refractivity (Wildman–Crippen MR) is 105 cm³/mol. The SMILES string of the molecule is Nc1ccc2cc3ccc(N)c(N=Nc4ccc([N+](=O)[O-])cc4)c3nc2c1. The van der Waals surface area contributed by atoms with Gasteiger partial charge in [0.1, 0.15) is 11.2 Å². The summed E-state index contributed by atoms with van der Waals surface area (Å²) in [6.45, 7) is 0. The van der Waals surface area contributed by atoms with Crippen molar-refractivity contribution in [3.63, 3.8) is 0 Å². The van der Waals surface area contributed by atoms with Crippen LogP contribution in [0.1, 0.15) is 0 Å². The summed E-state index contributed by atoms with van der Waals surface area (Å²) < 4.78 is 0. The van der Waals surface area contributed by atoms with Crippen LogP contribution in [0, 0.1) is 10.1 Å². The van der Waals surface area contributed by atoms with Crippen LogP contribution in [0.4, 0.5) is 28.4 Å². The van der Waals surface area contributed by atoms with Crippen molar-refractivity contribution in [3.8, 4) is 0 Å². The lowest BCUT2D eigenvalue weighted by Crippen LogP contribution is -1.90. The van der Waals surface area contributed by atoms with Gasteiger partial charge in [0, 0.05) is 28.6 Å². The Kier molecular flexibility index (Phi) is 3.85. The molecule has 132 valence electrons. The summed E-state index contributed by atoms with van der Waals surface area (Å²) in [7, 11) is 0. The molecular formula is C19H14N6O2. The molecule has 8 heteroatoms. The normalized spacial score (nSPS) is 11.4. The first-order valence-corrected chi connectivity index (χ1v) is 8.06. The molecule has 0 bridgehead atoms. The van der Waals surface area contributed by atoms with Crippen LogP contribution in [-0.2, 0) is 0 Å². The quantitative estimate of drug-likeness (QED) is 0.177. The summed E-state index contributed by atoms with van der Waals surface area (Å²) in [6, 6.07) is 16.9. The highest BCUT2D eigenvalue weighted by Crippen LogP contribution is 2.34. The minimum absolute atomic E-state index is 0.00986. The van der Waals surface area contributed by atoms with Crippen molar-refractivity contribution in [2.45, 2.75) is 0 Å². The van der Waals surface area contributed by atoms with E-state index in [0.717, 1.165) is 16.3 Å². The van der Waals surface area contributed by atoms with E-state index in [-0.39, 0.29) is 5.69 Å². The highest BCUT2D eigenvalue weighted by Gasteiger charge is 2.09. The number of hydrogen-bond acceptors (Lipinski definition) is 7. The first-order valence-electron chi connectivity index (χ1n) is 8.06. The Bertz CT molecular complexity index is 1220. The van der Waals surface area contributed by atoms with Gasteiger partial charge >= 0.3 is 0 Å². The van der Waals surface area contributed by atoms with Crippen LogP contribution in [0.5, 0.6) is 0 Å². The fourth-order valence-corrected chi connectivity index (χ4v) is 2.77. The maximum absolute atomic E-state index is 10.7. The molecule has 0 fully saturated rings. The van der Waals surface area contributed by atoms with Gasteiger partial charge in [-0.25, -0.2) is 4.98 Å². The summed E-state index contributed by atoms with van der Waals surface area (Å²) in [5.41, 5.74) is 15.2. The van der Waals surface area contributed by atoms with Gasteiger partial charge in [-0.2, -0.15) is 5.11 Å².